The Labute approximate surface area is 240 Å². The number of hydrogen-bond acceptors (Lipinski definition) is 6. The van der Waals surface area contributed by atoms with Crippen molar-refractivity contribution in [3.8, 4) is 17.2 Å². The molecule has 0 heterocycles. The SMILES string of the molecule is C=CCOc1c(I)cc(/C=N\NC(=O)[C@@H](CC(C)C)NC(=O)[C@@H](C)Oc2ccc(Cl)cc2Cl)cc1OC. The first-order valence-corrected chi connectivity index (χ1v) is 13.2. The molecule has 0 unspecified atom stereocenters. The van der Waals surface area contributed by atoms with E-state index in [9.17, 15) is 9.59 Å². The fourth-order valence-electron chi connectivity index (χ4n) is 3.15. The molecule has 0 saturated carbocycles. The van der Waals surface area contributed by atoms with Crippen LogP contribution < -0.4 is 25.0 Å². The Morgan fingerprint density at radius 3 is 2.49 bits per heavy atom. The van der Waals surface area contributed by atoms with Crippen molar-refractivity contribution in [2.45, 2.75) is 39.3 Å². The van der Waals surface area contributed by atoms with E-state index in [0.29, 0.717) is 40.9 Å². The maximum atomic E-state index is 12.9. The van der Waals surface area contributed by atoms with Gasteiger partial charge in [0.05, 0.1) is 21.9 Å². The van der Waals surface area contributed by atoms with Crippen LogP contribution in [-0.2, 0) is 9.59 Å². The van der Waals surface area contributed by atoms with E-state index >= 15 is 0 Å². The van der Waals surface area contributed by atoms with Gasteiger partial charge in [-0.1, -0.05) is 49.7 Å². The normalized spacial score (nSPS) is 12.6. The number of carbonyl (C=O) groups is 2. The van der Waals surface area contributed by atoms with Crippen LogP contribution in [0.3, 0.4) is 0 Å². The van der Waals surface area contributed by atoms with E-state index < -0.39 is 24.0 Å². The van der Waals surface area contributed by atoms with E-state index in [2.05, 4.69) is 45.0 Å². The minimum Gasteiger partial charge on any atom is -0.493 e. The maximum absolute atomic E-state index is 12.9. The zero-order valence-electron chi connectivity index (χ0n) is 21.0. The topological polar surface area (TPSA) is 98.2 Å². The number of methoxy groups -OCH3 is 1. The highest BCUT2D eigenvalue weighted by Crippen LogP contribution is 2.33. The Morgan fingerprint density at radius 2 is 1.86 bits per heavy atom. The van der Waals surface area contributed by atoms with Gasteiger partial charge in [0.2, 0.25) is 0 Å². The number of ether oxygens (including phenoxy) is 3. The zero-order valence-corrected chi connectivity index (χ0v) is 24.7. The lowest BCUT2D eigenvalue weighted by atomic mass is 10.0. The first-order valence-electron chi connectivity index (χ1n) is 11.4. The number of nitrogens with one attached hydrogen (secondary N) is 2. The van der Waals surface area contributed by atoms with Crippen molar-refractivity contribution in [1.29, 1.82) is 0 Å². The molecule has 0 saturated heterocycles. The average Bonchev–Trinajstić information content (AvgIpc) is 2.83. The summed E-state index contributed by atoms with van der Waals surface area (Å²) >= 11 is 14.2. The molecule has 37 heavy (non-hydrogen) atoms. The van der Waals surface area contributed by atoms with Crippen molar-refractivity contribution in [2.75, 3.05) is 13.7 Å². The maximum Gasteiger partial charge on any atom is 0.262 e. The van der Waals surface area contributed by atoms with Gasteiger partial charge in [0.25, 0.3) is 11.8 Å². The minimum atomic E-state index is -0.902. The summed E-state index contributed by atoms with van der Waals surface area (Å²) in [5.74, 6) is 0.652. The highest BCUT2D eigenvalue weighted by atomic mass is 127. The Kier molecular flexibility index (Phi) is 12.5. The van der Waals surface area contributed by atoms with Crippen LogP contribution in [0.15, 0.2) is 48.1 Å². The lowest BCUT2D eigenvalue weighted by Crippen LogP contribution is -2.49. The Hall–Kier alpha value is -2.50. The number of hydrogen-bond donors (Lipinski definition) is 2. The van der Waals surface area contributed by atoms with Crippen LogP contribution in [0.1, 0.15) is 32.8 Å². The molecule has 200 valence electrons. The van der Waals surface area contributed by atoms with Gasteiger partial charge < -0.3 is 19.5 Å². The van der Waals surface area contributed by atoms with E-state index in [1.165, 1.54) is 12.3 Å². The molecule has 2 aromatic carbocycles. The molecule has 11 heteroatoms. The minimum absolute atomic E-state index is 0.135. The molecule has 0 bridgehead atoms. The summed E-state index contributed by atoms with van der Waals surface area (Å²) < 4.78 is 17.5. The Balaban J connectivity index is 2.07. The van der Waals surface area contributed by atoms with Crippen molar-refractivity contribution in [3.63, 3.8) is 0 Å². The van der Waals surface area contributed by atoms with Gasteiger partial charge in [0.15, 0.2) is 17.6 Å². The third-order valence-corrected chi connectivity index (χ3v) is 6.22. The molecule has 0 aliphatic rings. The first-order chi connectivity index (χ1) is 17.5. The van der Waals surface area contributed by atoms with Crippen molar-refractivity contribution < 1.29 is 23.8 Å². The van der Waals surface area contributed by atoms with Gasteiger partial charge in [-0.3, -0.25) is 9.59 Å². The Morgan fingerprint density at radius 1 is 1.14 bits per heavy atom. The quantitative estimate of drug-likeness (QED) is 0.126. The van der Waals surface area contributed by atoms with Crippen LogP contribution in [-0.4, -0.2) is 43.9 Å². The highest BCUT2D eigenvalue weighted by Gasteiger charge is 2.25. The fraction of sp³-hybridized carbons (Fsp3) is 0.346. The second kappa shape index (κ2) is 15.0. The molecule has 0 fully saturated rings. The fourth-order valence-corrected chi connectivity index (χ4v) is 4.39. The van der Waals surface area contributed by atoms with Gasteiger partial charge in [-0.2, -0.15) is 5.10 Å². The molecular weight excluding hydrogens is 632 g/mol. The third kappa shape index (κ3) is 9.71. The molecular formula is C26H30Cl2IN3O5. The third-order valence-electron chi connectivity index (χ3n) is 4.89. The number of nitrogens with zero attached hydrogens (tertiary/aromatic N) is 1. The second-order valence-corrected chi connectivity index (χ2v) is 10.4. The van der Waals surface area contributed by atoms with E-state index in [1.807, 2.05) is 19.9 Å². The summed E-state index contributed by atoms with van der Waals surface area (Å²) in [5, 5.41) is 7.54. The molecule has 2 N–H and O–H groups in total. The molecule has 2 aromatic rings. The van der Waals surface area contributed by atoms with Crippen LogP contribution in [0.25, 0.3) is 0 Å². The molecule has 8 nitrogen and oxygen atoms in total. The zero-order chi connectivity index (χ0) is 27.5. The monoisotopic (exact) mass is 661 g/mol. The molecule has 0 aliphatic carbocycles. The van der Waals surface area contributed by atoms with E-state index in [-0.39, 0.29) is 10.9 Å². The van der Waals surface area contributed by atoms with Crippen LogP contribution in [0.4, 0.5) is 0 Å². The summed E-state index contributed by atoms with van der Waals surface area (Å²) in [6, 6.07) is 7.47. The summed E-state index contributed by atoms with van der Waals surface area (Å²) in [6.07, 6.45) is 2.64. The van der Waals surface area contributed by atoms with Gasteiger partial charge in [0, 0.05) is 5.02 Å². The molecule has 0 aliphatic heterocycles. The smallest absolute Gasteiger partial charge is 0.262 e. The molecule has 2 rings (SSSR count). The van der Waals surface area contributed by atoms with Gasteiger partial charge >= 0.3 is 0 Å². The van der Waals surface area contributed by atoms with Gasteiger partial charge in [-0.15, -0.1) is 0 Å². The number of halogens is 3. The van der Waals surface area contributed by atoms with Crippen molar-refractivity contribution in [3.05, 3.63) is 62.2 Å². The highest BCUT2D eigenvalue weighted by molar-refractivity contribution is 14.1. The second-order valence-electron chi connectivity index (χ2n) is 8.39. The Bertz CT molecular complexity index is 1140. The number of amides is 2. The predicted molar refractivity (Wildman–Crippen MR) is 155 cm³/mol. The molecule has 0 spiro atoms. The number of carbonyl (C=O) groups excluding carboxylic acids is 2. The van der Waals surface area contributed by atoms with E-state index in [4.69, 9.17) is 37.4 Å². The molecule has 0 aromatic heterocycles. The number of hydrazone groups is 1. The summed E-state index contributed by atoms with van der Waals surface area (Å²) in [4.78, 5) is 25.6. The lowest BCUT2D eigenvalue weighted by molar-refractivity contribution is -0.132. The van der Waals surface area contributed by atoms with Crippen LogP contribution in [0, 0.1) is 9.49 Å². The molecule has 2 atom stereocenters. The van der Waals surface area contributed by atoms with E-state index in [0.717, 1.165) is 3.57 Å². The summed E-state index contributed by atoms with van der Waals surface area (Å²) in [7, 11) is 1.54. The van der Waals surface area contributed by atoms with Crippen molar-refractivity contribution in [1.82, 2.24) is 10.7 Å². The first kappa shape index (κ1) is 30.7. The van der Waals surface area contributed by atoms with Gasteiger partial charge in [-0.05, 0) is 77.7 Å². The molecule has 0 radical (unpaired) electrons. The number of benzene rings is 2. The number of rotatable bonds is 13. The molecule has 2 amide bonds. The van der Waals surface area contributed by atoms with Crippen molar-refractivity contribution in [2.24, 2.45) is 11.0 Å². The van der Waals surface area contributed by atoms with Gasteiger partial charge in [-0.25, -0.2) is 5.43 Å². The predicted octanol–water partition coefficient (Wildman–Crippen LogP) is 5.62. The average molecular weight is 662 g/mol. The van der Waals surface area contributed by atoms with Crippen molar-refractivity contribution >= 4 is 63.8 Å². The lowest BCUT2D eigenvalue weighted by Gasteiger charge is -2.22. The summed E-state index contributed by atoms with van der Waals surface area (Å²) in [6.45, 7) is 9.46. The van der Waals surface area contributed by atoms with Crippen LogP contribution >= 0.6 is 45.8 Å². The summed E-state index contributed by atoms with van der Waals surface area (Å²) in [5.41, 5.74) is 3.20. The largest absolute Gasteiger partial charge is 0.493 e. The van der Waals surface area contributed by atoms with Crippen LogP contribution in [0.5, 0.6) is 17.2 Å². The van der Waals surface area contributed by atoms with E-state index in [1.54, 1.807) is 38.3 Å². The van der Waals surface area contributed by atoms with Crippen LogP contribution in [0.2, 0.25) is 10.0 Å². The standard InChI is InChI=1S/C26H30Cl2IN3O5/c1-6-9-36-24-20(29)11-17(12-23(24)35-5)14-30-32-26(34)21(10-15(2)3)31-25(33)16(4)37-22-8-7-18(27)13-19(22)28/h6-8,11-16,21H,1,9-10H2,2-5H3,(H,31,33)(H,32,34)/b30-14-/t16-,21-/m1/s1. The van der Waals surface area contributed by atoms with Gasteiger partial charge in [0.1, 0.15) is 18.4 Å².